The molecule has 3 rings (SSSR count). The highest BCUT2D eigenvalue weighted by atomic mass is 32.2. The van der Waals surface area contributed by atoms with Crippen LogP contribution >= 0.6 is 0 Å². The van der Waals surface area contributed by atoms with E-state index in [0.717, 1.165) is 50.5 Å². The summed E-state index contributed by atoms with van der Waals surface area (Å²) in [6, 6.07) is 1.97. The fourth-order valence-corrected chi connectivity index (χ4v) is 4.36. The Labute approximate surface area is 156 Å². The molecule has 0 saturated heterocycles. The summed E-state index contributed by atoms with van der Waals surface area (Å²) < 4.78 is 23.8. The van der Waals surface area contributed by atoms with Crippen LogP contribution in [-0.2, 0) is 16.9 Å². The third kappa shape index (κ3) is 3.12. The van der Waals surface area contributed by atoms with Gasteiger partial charge in [0.1, 0.15) is 17.0 Å². The average Bonchev–Trinajstić information content (AvgIpc) is 3.02. The Hall–Kier alpha value is -2.25. The van der Waals surface area contributed by atoms with Crippen molar-refractivity contribution in [2.75, 3.05) is 14.2 Å². The molecule has 0 fully saturated rings. The van der Waals surface area contributed by atoms with Gasteiger partial charge in [-0.25, -0.2) is 0 Å². The number of hydrogen-bond acceptors (Lipinski definition) is 5. The molecule has 7 heteroatoms. The van der Waals surface area contributed by atoms with Gasteiger partial charge in [-0.05, 0) is 39.3 Å². The Morgan fingerprint density at radius 3 is 2.35 bits per heavy atom. The zero-order chi connectivity index (χ0) is 19.0. The number of H-pyrrole nitrogens is 1. The smallest absolute Gasteiger partial charge is 0.322 e. The number of aryl methyl sites for hydroxylation is 3. The van der Waals surface area contributed by atoms with Gasteiger partial charge < -0.3 is 14.0 Å². The number of fused-ring (bicyclic) bond motifs is 1. The van der Waals surface area contributed by atoms with E-state index >= 15 is 0 Å². The Morgan fingerprint density at radius 1 is 1.04 bits per heavy atom. The SMILES string of the molecule is COc1c(C)cnc(C[S+]([O-])c2nc3c(C)c(OC)c(C)cc3[nH]2)c1C. The molecule has 6 nitrogen and oxygen atoms in total. The molecular formula is C19H23N3O3S. The molecule has 0 spiro atoms. The molecule has 1 N–H and O–H groups in total. The van der Waals surface area contributed by atoms with Crippen LogP contribution in [0.2, 0.25) is 0 Å². The number of benzene rings is 1. The van der Waals surface area contributed by atoms with Gasteiger partial charge in [-0.2, -0.15) is 4.98 Å². The number of nitrogens with zero attached hydrogens (tertiary/aromatic N) is 2. The molecule has 3 aromatic rings. The summed E-state index contributed by atoms with van der Waals surface area (Å²) >= 11 is -1.34. The molecule has 1 atom stereocenters. The first-order valence-corrected chi connectivity index (χ1v) is 9.60. The number of aromatic nitrogens is 3. The van der Waals surface area contributed by atoms with Gasteiger partial charge in [-0.15, -0.1) is 0 Å². The van der Waals surface area contributed by atoms with Crippen LogP contribution in [0.15, 0.2) is 17.4 Å². The van der Waals surface area contributed by atoms with Crippen molar-refractivity contribution >= 4 is 22.2 Å². The summed E-state index contributed by atoms with van der Waals surface area (Å²) in [6.45, 7) is 7.81. The second-order valence-corrected chi connectivity index (χ2v) is 7.69. The first kappa shape index (κ1) is 18.5. The fourth-order valence-electron chi connectivity index (χ4n) is 3.27. The van der Waals surface area contributed by atoms with Crippen molar-refractivity contribution in [1.29, 1.82) is 0 Å². The Kier molecular flexibility index (Phi) is 5.11. The highest BCUT2D eigenvalue weighted by molar-refractivity contribution is 7.90. The fraction of sp³-hybridized carbons (Fsp3) is 0.368. The van der Waals surface area contributed by atoms with E-state index < -0.39 is 11.2 Å². The summed E-state index contributed by atoms with van der Waals surface area (Å²) in [7, 11) is 3.28. The predicted octanol–water partition coefficient (Wildman–Crippen LogP) is 3.52. The summed E-state index contributed by atoms with van der Waals surface area (Å²) in [6.07, 6.45) is 1.75. The van der Waals surface area contributed by atoms with Crippen LogP contribution in [0.3, 0.4) is 0 Å². The van der Waals surface area contributed by atoms with Crippen LogP contribution < -0.4 is 9.47 Å². The van der Waals surface area contributed by atoms with E-state index in [0.29, 0.717) is 5.16 Å². The molecule has 1 aromatic carbocycles. The minimum Gasteiger partial charge on any atom is -0.609 e. The molecule has 138 valence electrons. The van der Waals surface area contributed by atoms with Gasteiger partial charge in [0.05, 0.1) is 25.4 Å². The summed E-state index contributed by atoms with van der Waals surface area (Å²) in [5.41, 5.74) is 6.20. The van der Waals surface area contributed by atoms with Crippen LogP contribution in [-0.4, -0.2) is 33.7 Å². The molecule has 0 saturated carbocycles. The Morgan fingerprint density at radius 2 is 1.69 bits per heavy atom. The summed E-state index contributed by atoms with van der Waals surface area (Å²) in [5.74, 6) is 1.87. The highest BCUT2D eigenvalue weighted by Crippen LogP contribution is 2.31. The number of rotatable bonds is 5. The molecule has 0 bridgehead atoms. The maximum atomic E-state index is 12.9. The minimum absolute atomic E-state index is 0.275. The van der Waals surface area contributed by atoms with Crippen LogP contribution in [0.1, 0.15) is 27.9 Å². The van der Waals surface area contributed by atoms with Crippen molar-refractivity contribution in [2.45, 2.75) is 38.6 Å². The molecule has 0 radical (unpaired) electrons. The molecule has 0 aliphatic rings. The number of hydrogen-bond donors (Lipinski definition) is 1. The quantitative estimate of drug-likeness (QED) is 0.692. The van der Waals surface area contributed by atoms with E-state index in [1.54, 1.807) is 20.4 Å². The lowest BCUT2D eigenvalue weighted by Crippen LogP contribution is -2.10. The zero-order valence-corrected chi connectivity index (χ0v) is 16.7. The first-order chi connectivity index (χ1) is 12.4. The van der Waals surface area contributed by atoms with Crippen molar-refractivity contribution in [2.24, 2.45) is 0 Å². The van der Waals surface area contributed by atoms with Gasteiger partial charge in [0.25, 0.3) is 0 Å². The summed E-state index contributed by atoms with van der Waals surface area (Å²) in [5, 5.41) is 0.441. The van der Waals surface area contributed by atoms with Crippen LogP contribution in [0.25, 0.3) is 11.0 Å². The van der Waals surface area contributed by atoms with Crippen LogP contribution in [0, 0.1) is 27.7 Å². The van der Waals surface area contributed by atoms with Gasteiger partial charge in [0.2, 0.25) is 0 Å². The molecular weight excluding hydrogens is 350 g/mol. The first-order valence-electron chi connectivity index (χ1n) is 8.28. The lowest BCUT2D eigenvalue weighted by atomic mass is 10.1. The molecule has 0 aliphatic carbocycles. The molecule has 26 heavy (non-hydrogen) atoms. The Balaban J connectivity index is 1.96. The third-order valence-corrected chi connectivity index (χ3v) is 5.72. The second-order valence-electron chi connectivity index (χ2n) is 6.33. The van der Waals surface area contributed by atoms with Crippen molar-refractivity contribution in [1.82, 2.24) is 15.0 Å². The van der Waals surface area contributed by atoms with Crippen molar-refractivity contribution < 1.29 is 14.0 Å². The second kappa shape index (κ2) is 7.17. The average molecular weight is 373 g/mol. The third-order valence-electron chi connectivity index (χ3n) is 4.56. The lowest BCUT2D eigenvalue weighted by Gasteiger charge is -2.13. The molecule has 1 unspecified atom stereocenters. The van der Waals surface area contributed by atoms with Gasteiger partial charge in [0, 0.05) is 34.1 Å². The zero-order valence-electron chi connectivity index (χ0n) is 15.9. The van der Waals surface area contributed by atoms with E-state index in [9.17, 15) is 4.55 Å². The topological polar surface area (TPSA) is 83.1 Å². The van der Waals surface area contributed by atoms with Crippen molar-refractivity contribution in [3.05, 3.63) is 40.2 Å². The van der Waals surface area contributed by atoms with Crippen LogP contribution in [0.5, 0.6) is 11.5 Å². The van der Waals surface area contributed by atoms with E-state index in [1.165, 1.54) is 0 Å². The number of aromatic amines is 1. The number of imidazole rings is 1. The molecule has 0 aliphatic heterocycles. The van der Waals surface area contributed by atoms with E-state index in [-0.39, 0.29) is 5.75 Å². The lowest BCUT2D eigenvalue weighted by molar-refractivity contribution is 0.407. The highest BCUT2D eigenvalue weighted by Gasteiger charge is 2.22. The van der Waals surface area contributed by atoms with E-state index in [2.05, 4.69) is 15.0 Å². The maximum absolute atomic E-state index is 12.9. The number of ether oxygens (including phenoxy) is 2. The van der Waals surface area contributed by atoms with E-state index in [1.807, 2.05) is 33.8 Å². The molecule has 2 heterocycles. The van der Waals surface area contributed by atoms with Crippen molar-refractivity contribution in [3.63, 3.8) is 0 Å². The van der Waals surface area contributed by atoms with Gasteiger partial charge in [0.15, 0.2) is 5.75 Å². The summed E-state index contributed by atoms with van der Waals surface area (Å²) in [4.78, 5) is 12.2. The van der Waals surface area contributed by atoms with Crippen molar-refractivity contribution in [3.8, 4) is 11.5 Å². The van der Waals surface area contributed by atoms with Gasteiger partial charge in [-0.3, -0.25) is 9.97 Å². The normalized spacial score (nSPS) is 12.4. The number of methoxy groups -OCH3 is 2. The molecule has 0 amide bonds. The predicted molar refractivity (Wildman–Crippen MR) is 102 cm³/mol. The molecule has 2 aromatic heterocycles. The maximum Gasteiger partial charge on any atom is 0.322 e. The van der Waals surface area contributed by atoms with Gasteiger partial charge in [-0.1, -0.05) is 0 Å². The number of pyridine rings is 1. The van der Waals surface area contributed by atoms with E-state index in [4.69, 9.17) is 9.47 Å². The number of nitrogens with one attached hydrogen (secondary N) is 1. The van der Waals surface area contributed by atoms with Crippen LogP contribution in [0.4, 0.5) is 0 Å². The monoisotopic (exact) mass is 373 g/mol. The Bertz CT molecular complexity index is 969. The minimum atomic E-state index is -1.34. The van der Waals surface area contributed by atoms with Gasteiger partial charge >= 0.3 is 5.16 Å². The standard InChI is InChI=1S/C19H23N3O3S/c1-10-7-14-16(13(4)17(10)24-5)22-19(21-14)26(23)9-15-12(3)18(25-6)11(2)8-20-15/h7-8H,9H2,1-6H3,(H,21,22). The largest absolute Gasteiger partial charge is 0.609 e.